The Morgan fingerprint density at radius 1 is 1.41 bits per heavy atom. The number of nitrogens with one attached hydrogen (secondary N) is 2. The standard InChI is InChI=1S/C16H22N4OS/c1-11(2)17-15(21)18-12-6-5-9-20(10-12)16-19-13-7-3-4-8-14(13)22-16/h3-4,7-8,11-12H,5-6,9-10H2,1-2H3,(H2,17,18,21)/t12-/m1/s1. The lowest BCUT2D eigenvalue weighted by atomic mass is 10.1. The van der Waals surface area contributed by atoms with Crippen LogP contribution in [-0.4, -0.2) is 36.2 Å². The van der Waals surface area contributed by atoms with Gasteiger partial charge in [0.15, 0.2) is 5.13 Å². The summed E-state index contributed by atoms with van der Waals surface area (Å²) in [5.74, 6) is 0. The number of piperidine rings is 1. The Bertz CT molecular complexity index is 621. The quantitative estimate of drug-likeness (QED) is 0.915. The summed E-state index contributed by atoms with van der Waals surface area (Å²) in [6.45, 7) is 5.76. The second-order valence-electron chi connectivity index (χ2n) is 6.02. The number of fused-ring (bicyclic) bond motifs is 1. The summed E-state index contributed by atoms with van der Waals surface area (Å²) < 4.78 is 1.21. The number of para-hydroxylation sites is 1. The van der Waals surface area contributed by atoms with Crippen LogP contribution in [0.2, 0.25) is 0 Å². The average molecular weight is 318 g/mol. The number of aromatic nitrogens is 1. The summed E-state index contributed by atoms with van der Waals surface area (Å²) in [5.41, 5.74) is 1.05. The fourth-order valence-corrected chi connectivity index (χ4v) is 3.75. The lowest BCUT2D eigenvalue weighted by Gasteiger charge is -2.33. The van der Waals surface area contributed by atoms with Gasteiger partial charge in [0, 0.05) is 25.2 Å². The van der Waals surface area contributed by atoms with E-state index in [0.29, 0.717) is 0 Å². The zero-order valence-electron chi connectivity index (χ0n) is 13.0. The van der Waals surface area contributed by atoms with Crippen LogP contribution in [0.5, 0.6) is 0 Å². The predicted molar refractivity (Wildman–Crippen MR) is 91.7 cm³/mol. The minimum Gasteiger partial charge on any atom is -0.346 e. The predicted octanol–water partition coefficient (Wildman–Crippen LogP) is 2.97. The molecule has 0 saturated carbocycles. The monoisotopic (exact) mass is 318 g/mol. The van der Waals surface area contributed by atoms with Crippen molar-refractivity contribution in [3.8, 4) is 0 Å². The molecule has 2 heterocycles. The number of urea groups is 1. The Labute approximate surface area is 134 Å². The number of hydrogen-bond acceptors (Lipinski definition) is 4. The van der Waals surface area contributed by atoms with Crippen LogP contribution in [0, 0.1) is 0 Å². The second kappa shape index (κ2) is 6.52. The Morgan fingerprint density at radius 3 is 3.00 bits per heavy atom. The number of thiazole rings is 1. The van der Waals surface area contributed by atoms with Crippen molar-refractivity contribution >= 4 is 32.7 Å². The van der Waals surface area contributed by atoms with Gasteiger partial charge in [-0.15, -0.1) is 0 Å². The highest BCUT2D eigenvalue weighted by atomic mass is 32.1. The van der Waals surface area contributed by atoms with Gasteiger partial charge in [-0.3, -0.25) is 0 Å². The lowest BCUT2D eigenvalue weighted by Crippen LogP contribution is -2.51. The van der Waals surface area contributed by atoms with E-state index in [2.05, 4.69) is 21.6 Å². The van der Waals surface area contributed by atoms with Crippen molar-refractivity contribution in [2.24, 2.45) is 0 Å². The van der Waals surface area contributed by atoms with Crippen LogP contribution in [0.1, 0.15) is 26.7 Å². The van der Waals surface area contributed by atoms with Crippen LogP contribution in [0.4, 0.5) is 9.93 Å². The first-order valence-electron chi connectivity index (χ1n) is 7.79. The first kappa shape index (κ1) is 15.1. The summed E-state index contributed by atoms with van der Waals surface area (Å²) in [5, 5.41) is 7.01. The molecule has 1 aliphatic heterocycles. The van der Waals surface area contributed by atoms with Crippen LogP contribution in [0.25, 0.3) is 10.2 Å². The first-order valence-corrected chi connectivity index (χ1v) is 8.61. The van der Waals surface area contributed by atoms with Gasteiger partial charge in [0.25, 0.3) is 0 Å². The van der Waals surface area contributed by atoms with Gasteiger partial charge in [-0.05, 0) is 38.8 Å². The minimum atomic E-state index is -0.0776. The molecule has 0 radical (unpaired) electrons. The summed E-state index contributed by atoms with van der Waals surface area (Å²) in [6.07, 6.45) is 2.09. The Kier molecular flexibility index (Phi) is 4.47. The molecular weight excluding hydrogens is 296 g/mol. The van der Waals surface area contributed by atoms with Crippen LogP contribution in [-0.2, 0) is 0 Å². The van der Waals surface area contributed by atoms with E-state index < -0.39 is 0 Å². The summed E-state index contributed by atoms with van der Waals surface area (Å²) in [7, 11) is 0. The molecule has 2 amide bonds. The van der Waals surface area contributed by atoms with Gasteiger partial charge in [0.1, 0.15) is 0 Å². The molecule has 1 aliphatic rings. The molecule has 2 N–H and O–H groups in total. The van der Waals surface area contributed by atoms with Gasteiger partial charge in [0.05, 0.1) is 10.2 Å². The van der Waals surface area contributed by atoms with Crippen molar-refractivity contribution in [3.05, 3.63) is 24.3 Å². The first-order chi connectivity index (χ1) is 10.6. The number of amides is 2. The van der Waals surface area contributed by atoms with Crippen LogP contribution in [0.3, 0.4) is 0 Å². The van der Waals surface area contributed by atoms with Gasteiger partial charge in [-0.2, -0.15) is 0 Å². The third kappa shape index (κ3) is 3.50. The Balaban J connectivity index is 1.66. The van der Waals surface area contributed by atoms with Gasteiger partial charge in [0.2, 0.25) is 0 Å². The number of benzene rings is 1. The maximum absolute atomic E-state index is 11.9. The van der Waals surface area contributed by atoms with Crippen molar-refractivity contribution in [2.45, 2.75) is 38.8 Å². The average Bonchev–Trinajstić information content (AvgIpc) is 2.90. The van der Waals surface area contributed by atoms with Crippen LogP contribution in [0.15, 0.2) is 24.3 Å². The molecule has 2 aromatic rings. The molecule has 1 fully saturated rings. The molecule has 22 heavy (non-hydrogen) atoms. The zero-order chi connectivity index (χ0) is 15.5. The molecule has 3 rings (SSSR count). The van der Waals surface area contributed by atoms with Crippen molar-refractivity contribution in [1.29, 1.82) is 0 Å². The van der Waals surface area contributed by atoms with Crippen molar-refractivity contribution in [1.82, 2.24) is 15.6 Å². The molecular formula is C16H22N4OS. The molecule has 0 bridgehead atoms. The highest BCUT2D eigenvalue weighted by molar-refractivity contribution is 7.22. The number of anilines is 1. The normalized spacial score (nSPS) is 18.7. The van der Waals surface area contributed by atoms with Crippen molar-refractivity contribution < 1.29 is 4.79 Å². The SMILES string of the molecule is CC(C)NC(=O)N[C@@H]1CCCN(c2nc3ccccc3s2)C1. The molecule has 1 aromatic heterocycles. The maximum Gasteiger partial charge on any atom is 0.315 e. The molecule has 0 aliphatic carbocycles. The third-order valence-electron chi connectivity index (χ3n) is 3.73. The fraction of sp³-hybridized carbons (Fsp3) is 0.500. The smallest absolute Gasteiger partial charge is 0.315 e. The van der Waals surface area contributed by atoms with E-state index in [-0.39, 0.29) is 18.1 Å². The van der Waals surface area contributed by atoms with Gasteiger partial charge in [-0.25, -0.2) is 9.78 Å². The van der Waals surface area contributed by atoms with Gasteiger partial charge >= 0.3 is 6.03 Å². The molecule has 0 spiro atoms. The van der Waals surface area contributed by atoms with Crippen molar-refractivity contribution in [2.75, 3.05) is 18.0 Å². The highest BCUT2D eigenvalue weighted by Gasteiger charge is 2.23. The molecule has 1 aromatic carbocycles. The zero-order valence-corrected chi connectivity index (χ0v) is 13.8. The van der Waals surface area contributed by atoms with E-state index in [4.69, 9.17) is 4.98 Å². The van der Waals surface area contributed by atoms with Crippen LogP contribution >= 0.6 is 11.3 Å². The summed E-state index contributed by atoms with van der Waals surface area (Å²) >= 11 is 1.72. The van der Waals surface area contributed by atoms with Crippen LogP contribution < -0.4 is 15.5 Å². The number of carbonyl (C=O) groups is 1. The lowest BCUT2D eigenvalue weighted by molar-refractivity contribution is 0.232. The topological polar surface area (TPSA) is 57.3 Å². The van der Waals surface area contributed by atoms with E-state index in [1.54, 1.807) is 11.3 Å². The van der Waals surface area contributed by atoms with E-state index >= 15 is 0 Å². The number of nitrogens with zero attached hydrogens (tertiary/aromatic N) is 2. The molecule has 1 atom stereocenters. The largest absolute Gasteiger partial charge is 0.346 e. The molecule has 0 unspecified atom stereocenters. The fourth-order valence-electron chi connectivity index (χ4n) is 2.75. The van der Waals surface area contributed by atoms with E-state index in [9.17, 15) is 4.79 Å². The molecule has 6 heteroatoms. The molecule has 5 nitrogen and oxygen atoms in total. The second-order valence-corrected chi connectivity index (χ2v) is 7.03. The molecule has 118 valence electrons. The van der Waals surface area contributed by atoms with E-state index in [1.165, 1.54) is 4.70 Å². The highest BCUT2D eigenvalue weighted by Crippen LogP contribution is 2.30. The van der Waals surface area contributed by atoms with Gasteiger partial charge in [-0.1, -0.05) is 23.5 Å². The van der Waals surface area contributed by atoms with E-state index in [1.807, 2.05) is 32.0 Å². The summed E-state index contributed by atoms with van der Waals surface area (Å²) in [6, 6.07) is 8.47. The maximum atomic E-state index is 11.9. The number of rotatable bonds is 3. The number of carbonyl (C=O) groups excluding carboxylic acids is 1. The van der Waals surface area contributed by atoms with Crippen molar-refractivity contribution in [3.63, 3.8) is 0 Å². The number of hydrogen-bond donors (Lipinski definition) is 2. The third-order valence-corrected chi connectivity index (χ3v) is 4.83. The summed E-state index contributed by atoms with van der Waals surface area (Å²) in [4.78, 5) is 18.9. The van der Waals surface area contributed by atoms with Gasteiger partial charge < -0.3 is 15.5 Å². The minimum absolute atomic E-state index is 0.0776. The Hall–Kier alpha value is -1.82. The van der Waals surface area contributed by atoms with E-state index in [0.717, 1.165) is 36.6 Å². The molecule has 1 saturated heterocycles. The Morgan fingerprint density at radius 2 is 2.23 bits per heavy atom.